The van der Waals surface area contributed by atoms with E-state index in [1.807, 2.05) is 13.0 Å². The van der Waals surface area contributed by atoms with Crippen molar-refractivity contribution in [2.75, 3.05) is 11.5 Å². The van der Waals surface area contributed by atoms with Gasteiger partial charge in [-0.1, -0.05) is 24.3 Å². The third-order valence-corrected chi connectivity index (χ3v) is 5.16. The van der Waals surface area contributed by atoms with Crippen molar-refractivity contribution in [1.82, 2.24) is 0 Å². The number of aromatic carboxylic acids is 1. The molecule has 0 fully saturated rings. The first-order chi connectivity index (χ1) is 15.1. The van der Waals surface area contributed by atoms with E-state index in [4.69, 9.17) is 11.5 Å². The lowest BCUT2D eigenvalue weighted by molar-refractivity contribution is 0.0697. The minimum Gasteiger partial charge on any atom is -0.478 e. The number of nitrogens with zero attached hydrogens (tertiary/aromatic N) is 4. The number of nitrogen functional groups attached to an aromatic ring is 2. The van der Waals surface area contributed by atoms with Gasteiger partial charge >= 0.3 is 5.97 Å². The van der Waals surface area contributed by atoms with Crippen molar-refractivity contribution in [3.63, 3.8) is 0 Å². The van der Waals surface area contributed by atoms with Crippen LogP contribution in [-0.4, -0.2) is 24.0 Å². The fourth-order valence-corrected chi connectivity index (χ4v) is 3.35. The third kappa shape index (κ3) is 4.94. The van der Waals surface area contributed by atoms with Crippen LogP contribution >= 0.6 is 0 Å². The Morgan fingerprint density at radius 2 is 1.56 bits per heavy atom. The number of nitrogens with two attached hydrogens (primary N) is 2. The molecule has 0 saturated heterocycles. The molecular formula is C20H18N6O5S. The van der Waals surface area contributed by atoms with Crippen LogP contribution in [0.2, 0.25) is 0 Å². The number of hydrogen-bond donors (Lipinski definition) is 4. The Labute approximate surface area is 182 Å². The molecule has 0 unspecified atom stereocenters. The van der Waals surface area contributed by atoms with Crippen LogP contribution in [0.1, 0.15) is 15.9 Å². The minimum atomic E-state index is -4.77. The Kier molecular flexibility index (Phi) is 6.27. The molecule has 32 heavy (non-hydrogen) atoms. The largest absolute Gasteiger partial charge is 0.478 e. The Hall–Kier alpha value is -4.16. The summed E-state index contributed by atoms with van der Waals surface area (Å²) in [7, 11) is -4.77. The van der Waals surface area contributed by atoms with E-state index in [2.05, 4.69) is 20.5 Å². The van der Waals surface area contributed by atoms with Crippen molar-refractivity contribution in [3.05, 3.63) is 65.7 Å². The number of azo groups is 2. The lowest BCUT2D eigenvalue weighted by Crippen LogP contribution is -2.05. The molecule has 0 radical (unpaired) electrons. The summed E-state index contributed by atoms with van der Waals surface area (Å²) < 4.78 is 33.2. The summed E-state index contributed by atoms with van der Waals surface area (Å²) in [6, 6.07) is 13.7. The van der Waals surface area contributed by atoms with Crippen molar-refractivity contribution in [2.24, 2.45) is 20.5 Å². The van der Waals surface area contributed by atoms with Gasteiger partial charge in [0.1, 0.15) is 22.0 Å². The maximum atomic E-state index is 11.8. The molecular weight excluding hydrogens is 436 g/mol. The van der Waals surface area contributed by atoms with Gasteiger partial charge in [-0.2, -0.15) is 13.5 Å². The maximum absolute atomic E-state index is 11.8. The van der Waals surface area contributed by atoms with E-state index >= 15 is 0 Å². The number of carboxylic acids is 1. The van der Waals surface area contributed by atoms with Crippen LogP contribution in [0, 0.1) is 6.92 Å². The topological polar surface area (TPSA) is 193 Å². The summed E-state index contributed by atoms with van der Waals surface area (Å²) >= 11 is 0. The standard InChI is InChI=1S/C20H18N6O5S/c1-11-5-4-6-12(9-11)23-26-19-17(21)15(10-16(18(19)22)32(29,30)31)25-24-14-8-3-2-7-13(14)20(27)28/h2-10H,21-22H2,1H3,(H,27,28)(H,29,30,31). The van der Waals surface area contributed by atoms with Gasteiger partial charge in [-0.3, -0.25) is 4.55 Å². The van der Waals surface area contributed by atoms with Crippen LogP contribution in [0.4, 0.5) is 34.1 Å². The van der Waals surface area contributed by atoms with Crippen molar-refractivity contribution >= 4 is 50.2 Å². The average Bonchev–Trinajstić information content (AvgIpc) is 2.72. The molecule has 3 rings (SSSR count). The van der Waals surface area contributed by atoms with E-state index in [1.165, 1.54) is 18.2 Å². The SMILES string of the molecule is Cc1cccc(N=Nc2c(N)c(N=Nc3ccccc3C(=O)O)cc(S(=O)(=O)O)c2N)c1. The molecule has 0 aliphatic heterocycles. The first-order valence-corrected chi connectivity index (χ1v) is 10.4. The summed E-state index contributed by atoms with van der Waals surface area (Å²) in [6.07, 6.45) is 0. The summed E-state index contributed by atoms with van der Waals surface area (Å²) in [6.45, 7) is 1.86. The number of benzene rings is 3. The molecule has 164 valence electrons. The number of anilines is 2. The minimum absolute atomic E-state index is 0.00701. The van der Waals surface area contributed by atoms with Gasteiger partial charge in [0, 0.05) is 0 Å². The quantitative estimate of drug-likeness (QED) is 0.230. The van der Waals surface area contributed by atoms with Crippen LogP contribution in [0.3, 0.4) is 0 Å². The van der Waals surface area contributed by atoms with Crippen LogP contribution < -0.4 is 11.5 Å². The predicted octanol–water partition coefficient (Wildman–Crippen LogP) is 4.94. The molecule has 11 nitrogen and oxygen atoms in total. The molecule has 0 aliphatic rings. The van der Waals surface area contributed by atoms with E-state index in [9.17, 15) is 22.9 Å². The number of hydrogen-bond acceptors (Lipinski definition) is 9. The second kappa shape index (κ2) is 8.91. The Bertz CT molecular complexity index is 1370. The molecule has 0 aliphatic carbocycles. The van der Waals surface area contributed by atoms with E-state index in [0.717, 1.165) is 11.6 Å². The zero-order valence-corrected chi connectivity index (χ0v) is 17.5. The molecule has 0 bridgehead atoms. The van der Waals surface area contributed by atoms with Crippen LogP contribution in [0.15, 0.2) is 79.9 Å². The highest BCUT2D eigenvalue weighted by atomic mass is 32.2. The zero-order valence-electron chi connectivity index (χ0n) is 16.7. The summed E-state index contributed by atoms with van der Waals surface area (Å²) in [5.74, 6) is -1.23. The van der Waals surface area contributed by atoms with Gasteiger partial charge < -0.3 is 16.6 Å². The van der Waals surface area contributed by atoms with Crippen LogP contribution in [-0.2, 0) is 10.1 Å². The first-order valence-electron chi connectivity index (χ1n) is 9.00. The molecule has 6 N–H and O–H groups in total. The highest BCUT2D eigenvalue weighted by Crippen LogP contribution is 2.43. The van der Waals surface area contributed by atoms with E-state index in [0.29, 0.717) is 5.69 Å². The van der Waals surface area contributed by atoms with Crippen molar-refractivity contribution in [3.8, 4) is 0 Å². The highest BCUT2D eigenvalue weighted by Gasteiger charge is 2.22. The number of rotatable bonds is 6. The van der Waals surface area contributed by atoms with Gasteiger partial charge in [-0.05, 0) is 42.8 Å². The first kappa shape index (κ1) is 22.5. The molecule has 0 saturated carbocycles. The molecule has 3 aromatic carbocycles. The molecule has 0 heterocycles. The van der Waals surface area contributed by atoms with Gasteiger partial charge in [0.2, 0.25) is 0 Å². The van der Waals surface area contributed by atoms with Crippen molar-refractivity contribution in [2.45, 2.75) is 11.8 Å². The van der Waals surface area contributed by atoms with E-state index in [-0.39, 0.29) is 28.3 Å². The average molecular weight is 454 g/mol. The Morgan fingerprint density at radius 1 is 0.875 bits per heavy atom. The highest BCUT2D eigenvalue weighted by molar-refractivity contribution is 7.86. The maximum Gasteiger partial charge on any atom is 0.337 e. The normalized spacial score (nSPS) is 11.9. The smallest absolute Gasteiger partial charge is 0.337 e. The second-order valence-electron chi connectivity index (χ2n) is 6.61. The van der Waals surface area contributed by atoms with E-state index < -0.39 is 26.7 Å². The molecule has 12 heteroatoms. The predicted molar refractivity (Wildman–Crippen MR) is 118 cm³/mol. The lowest BCUT2D eigenvalue weighted by atomic mass is 10.2. The lowest BCUT2D eigenvalue weighted by Gasteiger charge is -2.10. The Balaban J connectivity index is 2.15. The number of aryl methyl sites for hydroxylation is 1. The van der Waals surface area contributed by atoms with Crippen molar-refractivity contribution in [1.29, 1.82) is 0 Å². The fraction of sp³-hybridized carbons (Fsp3) is 0.0500. The van der Waals surface area contributed by atoms with Gasteiger partial charge in [-0.25, -0.2) is 4.79 Å². The third-order valence-electron chi connectivity index (χ3n) is 4.26. The van der Waals surface area contributed by atoms with Crippen LogP contribution in [0.25, 0.3) is 0 Å². The Morgan fingerprint density at radius 3 is 2.22 bits per heavy atom. The van der Waals surface area contributed by atoms with Gasteiger partial charge in [0.15, 0.2) is 0 Å². The van der Waals surface area contributed by atoms with Crippen LogP contribution in [0.5, 0.6) is 0 Å². The zero-order chi connectivity index (χ0) is 23.5. The summed E-state index contributed by atoms with van der Waals surface area (Å²) in [4.78, 5) is 10.7. The van der Waals surface area contributed by atoms with Gasteiger partial charge in [0.25, 0.3) is 10.1 Å². The summed E-state index contributed by atoms with van der Waals surface area (Å²) in [5, 5.41) is 25.0. The number of carbonyl (C=O) groups is 1. The molecule has 0 spiro atoms. The monoisotopic (exact) mass is 454 g/mol. The summed E-state index contributed by atoms with van der Waals surface area (Å²) in [5.41, 5.74) is 12.2. The fourth-order valence-electron chi connectivity index (χ4n) is 2.71. The van der Waals surface area contributed by atoms with Crippen molar-refractivity contribution < 1.29 is 22.9 Å². The molecule has 0 atom stereocenters. The second-order valence-corrected chi connectivity index (χ2v) is 8.00. The number of carboxylic acid groups (broad SMARTS) is 1. The van der Waals surface area contributed by atoms with Gasteiger partial charge in [0.05, 0.1) is 22.6 Å². The molecule has 0 amide bonds. The van der Waals surface area contributed by atoms with Gasteiger partial charge in [-0.15, -0.1) is 15.3 Å². The molecule has 0 aromatic heterocycles. The molecule has 3 aromatic rings. The van der Waals surface area contributed by atoms with E-state index in [1.54, 1.807) is 24.3 Å².